The van der Waals surface area contributed by atoms with Crippen molar-refractivity contribution in [3.8, 4) is 0 Å². The van der Waals surface area contributed by atoms with Gasteiger partial charge >= 0.3 is 83.0 Å². The second-order valence-electron chi connectivity index (χ2n) is 34.8. The molecule has 26 nitrogen and oxygen atoms in total. The first-order valence-electron chi connectivity index (χ1n) is 51.4. The number of esters is 4. The minimum absolute atomic E-state index is 0. The third-order valence-corrected chi connectivity index (χ3v) is 24.1. The summed E-state index contributed by atoms with van der Waals surface area (Å²) in [6.45, 7) is 13.8. The summed E-state index contributed by atoms with van der Waals surface area (Å²) in [6, 6.07) is -2.11. The third kappa shape index (κ3) is 93.2. The van der Waals surface area contributed by atoms with Gasteiger partial charge in [-0.1, -0.05) is 291 Å². The van der Waals surface area contributed by atoms with Crippen LogP contribution >= 0.6 is 15.6 Å². The van der Waals surface area contributed by atoms with E-state index in [0.717, 1.165) is 205 Å². The number of phosphoric ester groups is 2. The average Bonchev–Trinajstić information content (AvgIpc) is 0.902. The van der Waals surface area contributed by atoms with Gasteiger partial charge in [-0.25, -0.2) is 0 Å². The number of unbranched alkanes of at least 4 members (excludes halogenated alkanes) is 36. The van der Waals surface area contributed by atoms with Crippen LogP contribution in [-0.2, 0) is 94.0 Å². The number of phosphoric acid groups is 2. The van der Waals surface area contributed by atoms with Crippen molar-refractivity contribution < 1.29 is 163 Å². The molecule has 0 aromatic heterocycles. The number of ether oxygens (including phenoxy) is 6. The van der Waals surface area contributed by atoms with E-state index in [-0.39, 0.29) is 157 Å². The Morgan fingerprint density at radius 3 is 0.780 bits per heavy atom. The minimum Gasteiger partial charge on any atom is -0.756 e. The molecule has 4 amide bonds. The number of allylic oxidation sites excluding steroid dienone is 8. The largest absolute Gasteiger partial charge is 1.00 e. The molecule has 4 unspecified atom stereocenters. The van der Waals surface area contributed by atoms with Crippen LogP contribution in [0.3, 0.4) is 0 Å². The summed E-state index contributed by atoms with van der Waals surface area (Å²) in [5.41, 5.74) is 0. The molecule has 8 atom stereocenters. The fraction of sp³-hybridized carbons (Fsp3) is 0.843. The Hall–Kier alpha value is -3.14. The van der Waals surface area contributed by atoms with Crippen molar-refractivity contribution in [2.45, 2.75) is 491 Å². The molecular formula is C102H188N4Na2O22P2. The zero-order valence-corrected chi connectivity index (χ0v) is 90.0. The molecule has 0 aliphatic heterocycles. The molecule has 132 heavy (non-hydrogen) atoms. The Morgan fingerprint density at radius 2 is 0.515 bits per heavy atom. The fourth-order valence-corrected chi connectivity index (χ4v) is 16.0. The predicted octanol–water partition coefficient (Wildman–Crippen LogP) is 17.7. The standard InChI is InChI=1S/C101H186N4O22P2.CH4.2Na/c1-9-17-25-33-37-41-45-53-61-69-98(110)124-90(65-57-49-29-21-13-5)73-77-118-84-88(104-96(108)81-92(67-59-51-31-23-15-7)126-100(112)71-63-55-47-43-39-35-27-19-11-3)86-122-128(114,115)120-79-75-102-94(106)83-95(107)103-76-80-121-129(116,117)123-87-89(85-119-78-74-91(66-58-50-30-22-14-6)125-99(111)70-62-54-46-42-38-34-26-18-10-2)105-97(109)82-93(68-60-52-32-24-16-8)127-101(113)72-64-56-48-44-40-36-28-20-12-4;;;/h41-48,88-93H,9-40,49-87H2,1-8H3,(H,102,106)(H,103,107)(H,104,108)(H,105,109)(H,114,115)(H,116,117);1H4;;/q;;2*+1/p-2/b45-41-,46-42-,47-43-,48-44-;;;/t88?,89?,90-,91-,92-,93-;;;/m1.../s1. The number of carbonyl (C=O) groups is 8. The van der Waals surface area contributed by atoms with E-state index in [9.17, 15) is 57.3 Å². The van der Waals surface area contributed by atoms with Crippen LogP contribution in [0.5, 0.6) is 0 Å². The summed E-state index contributed by atoms with van der Waals surface area (Å²) in [5.74, 6) is -4.09. The maximum Gasteiger partial charge on any atom is 1.00 e. The number of nitrogens with one attached hydrogen (secondary N) is 4. The van der Waals surface area contributed by atoms with Gasteiger partial charge in [0, 0.05) is 51.6 Å². The second-order valence-corrected chi connectivity index (χ2v) is 37.6. The summed E-state index contributed by atoms with van der Waals surface area (Å²) in [7, 11) is -10.3. The Morgan fingerprint density at radius 1 is 0.280 bits per heavy atom. The quantitative estimate of drug-likeness (QED) is 0.00835. The van der Waals surface area contributed by atoms with Gasteiger partial charge < -0.3 is 77.6 Å². The van der Waals surface area contributed by atoms with Gasteiger partial charge in [-0.15, -0.1) is 0 Å². The molecule has 0 saturated heterocycles. The van der Waals surface area contributed by atoms with Crippen LogP contribution in [-0.4, -0.2) is 150 Å². The van der Waals surface area contributed by atoms with Gasteiger partial charge in [0.2, 0.25) is 23.6 Å². The maximum absolute atomic E-state index is 14.0. The van der Waals surface area contributed by atoms with E-state index < -0.39 is 121 Å². The van der Waals surface area contributed by atoms with Crippen LogP contribution in [0.4, 0.5) is 0 Å². The van der Waals surface area contributed by atoms with E-state index in [0.29, 0.717) is 64.2 Å². The van der Waals surface area contributed by atoms with Crippen LogP contribution in [0.1, 0.15) is 454 Å². The smallest absolute Gasteiger partial charge is 0.756 e. The normalized spacial score (nSPS) is 13.8. The number of hydrogen-bond donors (Lipinski definition) is 4. The van der Waals surface area contributed by atoms with E-state index in [2.05, 4.69) is 125 Å². The molecule has 4 N–H and O–H groups in total. The van der Waals surface area contributed by atoms with E-state index in [1.54, 1.807) is 0 Å². The van der Waals surface area contributed by atoms with Crippen LogP contribution in [0, 0.1) is 0 Å². The predicted molar refractivity (Wildman–Crippen MR) is 520 cm³/mol. The summed E-state index contributed by atoms with van der Waals surface area (Å²) in [6.07, 6.45) is 65.5. The summed E-state index contributed by atoms with van der Waals surface area (Å²) in [5, 5.41) is 10.5. The first kappa shape index (κ1) is 135. The molecule has 0 aromatic carbocycles. The van der Waals surface area contributed by atoms with Gasteiger partial charge in [0.05, 0.1) is 77.8 Å². The molecule has 0 rings (SSSR count). The van der Waals surface area contributed by atoms with Crippen LogP contribution in [0.25, 0.3) is 0 Å². The van der Waals surface area contributed by atoms with E-state index in [1.807, 2.05) is 0 Å². The van der Waals surface area contributed by atoms with Crippen molar-refractivity contribution in [3.05, 3.63) is 48.6 Å². The molecule has 0 bridgehead atoms. The first-order chi connectivity index (χ1) is 62.6. The fourth-order valence-electron chi connectivity index (χ4n) is 14.5. The molecule has 0 aromatic rings. The van der Waals surface area contributed by atoms with Gasteiger partial charge in [-0.2, -0.15) is 0 Å². The number of amides is 4. The van der Waals surface area contributed by atoms with Gasteiger partial charge in [0.1, 0.15) is 30.8 Å². The summed E-state index contributed by atoms with van der Waals surface area (Å²) < 4.78 is 83.7. The van der Waals surface area contributed by atoms with E-state index in [1.165, 1.54) is 77.0 Å². The molecule has 0 aliphatic rings. The maximum atomic E-state index is 14.0. The molecule has 0 spiro atoms. The Balaban J connectivity index is -0.0000273. The molecular weight excluding hydrogens is 1740 g/mol. The average molecular weight is 1930 g/mol. The van der Waals surface area contributed by atoms with Gasteiger partial charge in [0.15, 0.2) is 0 Å². The zero-order valence-electron chi connectivity index (χ0n) is 84.2. The van der Waals surface area contributed by atoms with E-state index >= 15 is 0 Å². The van der Waals surface area contributed by atoms with Crippen molar-refractivity contribution in [1.29, 1.82) is 0 Å². The number of hydrogen-bond acceptors (Lipinski definition) is 22. The van der Waals surface area contributed by atoms with Crippen LogP contribution in [0.15, 0.2) is 48.6 Å². The van der Waals surface area contributed by atoms with Crippen LogP contribution < -0.4 is 90.2 Å². The zero-order chi connectivity index (χ0) is 94.8. The molecule has 760 valence electrons. The van der Waals surface area contributed by atoms with Crippen LogP contribution in [0.2, 0.25) is 0 Å². The topological polar surface area (TPSA) is 357 Å². The van der Waals surface area contributed by atoms with Gasteiger partial charge in [-0.05, 0) is 154 Å². The molecule has 0 aliphatic carbocycles. The second kappa shape index (κ2) is 99.4. The van der Waals surface area contributed by atoms with Gasteiger partial charge in [-0.3, -0.25) is 47.5 Å². The Labute approximate surface area is 846 Å². The number of carbonyl (C=O) groups excluding carboxylic acids is 8. The van der Waals surface area contributed by atoms with Crippen molar-refractivity contribution in [2.75, 3.05) is 65.9 Å². The SMILES string of the molecule is C.CCCCCC/C=C\CCCC(=O)O[C@H](CCCCCCC)CCOCC(COP(=O)([O-])OCCNC(=O)CC(=O)NCCOP(=O)([O-])OCC(COCC[C@@H](CCCCCCC)OC(=O)CCC/C=C\CCCCCC)NC(=O)C[C@@H](CCCCCCC)OC(=O)CCC/C=C\CCCCCC)NC(=O)C[C@@H](CCCCCCC)OC(=O)CCC/C=C\CCCCCC.[Na+].[Na+]. The van der Waals surface area contributed by atoms with E-state index in [4.69, 9.17) is 46.5 Å². The monoisotopic (exact) mass is 1930 g/mol. The molecule has 0 fully saturated rings. The van der Waals surface area contributed by atoms with Crippen molar-refractivity contribution in [1.82, 2.24) is 21.3 Å². The van der Waals surface area contributed by atoms with Crippen molar-refractivity contribution >= 4 is 63.2 Å². The molecule has 30 heteroatoms. The Bertz CT molecular complexity index is 2780. The van der Waals surface area contributed by atoms with Crippen molar-refractivity contribution in [2.24, 2.45) is 0 Å². The summed E-state index contributed by atoms with van der Waals surface area (Å²) in [4.78, 5) is 133. The van der Waals surface area contributed by atoms with Crippen molar-refractivity contribution in [3.63, 3.8) is 0 Å². The third-order valence-electron chi connectivity index (χ3n) is 22.2. The summed E-state index contributed by atoms with van der Waals surface area (Å²) >= 11 is 0. The Kier molecular flexibility index (Phi) is 102. The van der Waals surface area contributed by atoms with Gasteiger partial charge in [0.25, 0.3) is 15.6 Å². The first-order valence-corrected chi connectivity index (χ1v) is 54.4. The minimum atomic E-state index is -5.14. The number of rotatable bonds is 96. The molecule has 0 radical (unpaired) electrons. The molecule has 0 saturated carbocycles. The molecule has 0 heterocycles.